The van der Waals surface area contributed by atoms with Crippen molar-refractivity contribution in [3.8, 4) is 0 Å². The normalized spacial score (nSPS) is 12.2. The van der Waals surface area contributed by atoms with E-state index in [1.807, 2.05) is 13.0 Å². The van der Waals surface area contributed by atoms with E-state index in [1.54, 1.807) is 0 Å². The molecule has 0 aromatic carbocycles. The summed E-state index contributed by atoms with van der Waals surface area (Å²) in [7, 11) is 0. The number of aliphatic hydroxyl groups excluding tert-OH is 1. The number of hydrogen-bond acceptors (Lipinski definition) is 6. The first-order valence-electron chi connectivity index (χ1n) is 5.88. The van der Waals surface area contributed by atoms with Gasteiger partial charge in [-0.1, -0.05) is 13.8 Å². The van der Waals surface area contributed by atoms with Crippen molar-refractivity contribution in [2.75, 3.05) is 36.1 Å². The van der Waals surface area contributed by atoms with Crippen molar-refractivity contribution in [1.29, 1.82) is 0 Å². The average molecular weight is 239 g/mol. The third-order valence-electron chi connectivity index (χ3n) is 2.24. The quantitative estimate of drug-likeness (QED) is 0.565. The minimum atomic E-state index is 0.147. The summed E-state index contributed by atoms with van der Waals surface area (Å²) in [6.07, 6.45) is 1.02. The highest BCUT2D eigenvalue weighted by atomic mass is 16.3. The van der Waals surface area contributed by atoms with Gasteiger partial charge in [0.15, 0.2) is 0 Å². The van der Waals surface area contributed by atoms with E-state index in [9.17, 15) is 0 Å². The Hall–Kier alpha value is -1.56. The molecule has 1 aromatic rings. The van der Waals surface area contributed by atoms with Crippen molar-refractivity contribution in [1.82, 2.24) is 9.97 Å². The number of nitrogens with zero attached hydrogens (tertiary/aromatic N) is 2. The number of nitrogens with one attached hydrogen (secondary N) is 2. The summed E-state index contributed by atoms with van der Waals surface area (Å²) in [5, 5.41) is 15.2. The fraction of sp³-hybridized carbons (Fsp3) is 0.636. The van der Waals surface area contributed by atoms with Gasteiger partial charge in [-0.05, 0) is 12.3 Å². The smallest absolute Gasteiger partial charge is 0.223 e. The lowest BCUT2D eigenvalue weighted by Gasteiger charge is -2.12. The van der Waals surface area contributed by atoms with Gasteiger partial charge in [-0.3, -0.25) is 0 Å². The summed E-state index contributed by atoms with van der Waals surface area (Å²) in [6.45, 7) is 5.69. The molecule has 0 aliphatic heterocycles. The standard InChI is InChI=1S/C11H21N5O/c1-3-4-13-9-5-10(16-11(12)15-9)14-6-8(2)7-17/h5,8,17H,3-4,6-7H2,1-2H3,(H4,12,13,14,15,16). The van der Waals surface area contributed by atoms with E-state index in [4.69, 9.17) is 10.8 Å². The van der Waals surface area contributed by atoms with E-state index in [0.29, 0.717) is 12.4 Å². The first-order chi connectivity index (χ1) is 8.15. The number of aromatic nitrogens is 2. The fourth-order valence-corrected chi connectivity index (χ4v) is 1.24. The van der Waals surface area contributed by atoms with Crippen LogP contribution in [0, 0.1) is 5.92 Å². The first-order valence-corrected chi connectivity index (χ1v) is 5.88. The molecule has 0 fully saturated rings. The highest BCUT2D eigenvalue weighted by Crippen LogP contribution is 2.12. The molecule has 0 aliphatic rings. The maximum absolute atomic E-state index is 8.93. The van der Waals surface area contributed by atoms with Crippen LogP contribution in [0.25, 0.3) is 0 Å². The maximum Gasteiger partial charge on any atom is 0.223 e. The minimum Gasteiger partial charge on any atom is -0.396 e. The van der Waals surface area contributed by atoms with Gasteiger partial charge < -0.3 is 21.5 Å². The molecule has 1 heterocycles. The van der Waals surface area contributed by atoms with Gasteiger partial charge in [0.2, 0.25) is 5.95 Å². The van der Waals surface area contributed by atoms with Crippen LogP contribution >= 0.6 is 0 Å². The molecule has 0 radical (unpaired) electrons. The number of nitrogens with two attached hydrogens (primary N) is 1. The van der Waals surface area contributed by atoms with Crippen LogP contribution in [0.3, 0.4) is 0 Å². The van der Waals surface area contributed by atoms with E-state index in [-0.39, 0.29) is 18.5 Å². The third kappa shape index (κ3) is 4.86. The summed E-state index contributed by atoms with van der Waals surface area (Å²) in [6, 6.07) is 1.82. The third-order valence-corrected chi connectivity index (χ3v) is 2.24. The number of anilines is 3. The van der Waals surface area contributed by atoms with Crippen molar-refractivity contribution in [2.45, 2.75) is 20.3 Å². The zero-order valence-electron chi connectivity index (χ0n) is 10.4. The largest absolute Gasteiger partial charge is 0.396 e. The van der Waals surface area contributed by atoms with E-state index in [2.05, 4.69) is 27.5 Å². The molecule has 6 nitrogen and oxygen atoms in total. The molecule has 0 amide bonds. The number of rotatable bonds is 7. The van der Waals surface area contributed by atoms with Crippen molar-refractivity contribution >= 4 is 17.6 Å². The molecule has 0 bridgehead atoms. The SMILES string of the molecule is CCCNc1cc(NCC(C)CO)nc(N)n1. The van der Waals surface area contributed by atoms with E-state index in [0.717, 1.165) is 18.8 Å². The molecule has 0 saturated heterocycles. The molecular weight excluding hydrogens is 218 g/mol. The van der Waals surface area contributed by atoms with Crippen LogP contribution in [0.15, 0.2) is 6.07 Å². The molecule has 17 heavy (non-hydrogen) atoms. The molecule has 1 aromatic heterocycles. The molecule has 0 spiro atoms. The lowest BCUT2D eigenvalue weighted by atomic mass is 10.2. The summed E-state index contributed by atoms with van der Waals surface area (Å²) < 4.78 is 0. The highest BCUT2D eigenvalue weighted by Gasteiger charge is 2.04. The Kier molecular flexibility index (Phi) is 5.48. The van der Waals surface area contributed by atoms with Gasteiger partial charge in [0, 0.05) is 25.8 Å². The molecule has 0 aliphatic carbocycles. The molecule has 1 atom stereocenters. The number of hydrogen-bond donors (Lipinski definition) is 4. The van der Waals surface area contributed by atoms with Crippen molar-refractivity contribution in [3.63, 3.8) is 0 Å². The van der Waals surface area contributed by atoms with Gasteiger partial charge in [0.05, 0.1) is 0 Å². The number of nitrogen functional groups attached to an aromatic ring is 1. The zero-order chi connectivity index (χ0) is 12.7. The highest BCUT2D eigenvalue weighted by molar-refractivity contribution is 5.50. The van der Waals surface area contributed by atoms with Gasteiger partial charge in [0.1, 0.15) is 11.6 Å². The lowest BCUT2D eigenvalue weighted by Crippen LogP contribution is -2.16. The molecule has 5 N–H and O–H groups in total. The van der Waals surface area contributed by atoms with Crippen LogP contribution in [0.4, 0.5) is 17.6 Å². The predicted molar refractivity (Wildman–Crippen MR) is 70.0 cm³/mol. The van der Waals surface area contributed by atoms with E-state index < -0.39 is 0 Å². The fourth-order valence-electron chi connectivity index (χ4n) is 1.24. The van der Waals surface area contributed by atoms with Gasteiger partial charge >= 0.3 is 0 Å². The molecule has 6 heteroatoms. The molecule has 0 saturated carbocycles. The topological polar surface area (TPSA) is 96.1 Å². The van der Waals surface area contributed by atoms with Crippen LogP contribution in [0.2, 0.25) is 0 Å². The Morgan fingerprint density at radius 1 is 1.35 bits per heavy atom. The van der Waals surface area contributed by atoms with Crippen LogP contribution in [0.1, 0.15) is 20.3 Å². The first kappa shape index (κ1) is 13.5. The maximum atomic E-state index is 8.93. The van der Waals surface area contributed by atoms with E-state index in [1.165, 1.54) is 0 Å². The van der Waals surface area contributed by atoms with Crippen molar-refractivity contribution in [3.05, 3.63) is 6.07 Å². The molecule has 96 valence electrons. The Morgan fingerprint density at radius 2 is 2.00 bits per heavy atom. The summed E-state index contributed by atoms with van der Waals surface area (Å²) in [5.74, 6) is 1.82. The number of aliphatic hydroxyl groups is 1. The van der Waals surface area contributed by atoms with Gasteiger partial charge in [-0.2, -0.15) is 9.97 Å². The molecule has 1 unspecified atom stereocenters. The van der Waals surface area contributed by atoms with Gasteiger partial charge in [0.25, 0.3) is 0 Å². The van der Waals surface area contributed by atoms with Gasteiger partial charge in [-0.15, -0.1) is 0 Å². The molecular formula is C11H21N5O. The van der Waals surface area contributed by atoms with Crippen LogP contribution in [-0.4, -0.2) is 34.8 Å². The lowest BCUT2D eigenvalue weighted by molar-refractivity contribution is 0.244. The summed E-state index contributed by atoms with van der Waals surface area (Å²) >= 11 is 0. The second kappa shape index (κ2) is 6.90. The summed E-state index contributed by atoms with van der Waals surface area (Å²) in [5.41, 5.74) is 5.62. The van der Waals surface area contributed by atoms with Gasteiger partial charge in [-0.25, -0.2) is 0 Å². The Balaban J connectivity index is 2.61. The van der Waals surface area contributed by atoms with Crippen molar-refractivity contribution < 1.29 is 5.11 Å². The predicted octanol–water partition coefficient (Wildman–Crippen LogP) is 0.921. The second-order valence-electron chi connectivity index (χ2n) is 4.09. The van der Waals surface area contributed by atoms with Crippen molar-refractivity contribution in [2.24, 2.45) is 5.92 Å². The average Bonchev–Trinajstić information content (AvgIpc) is 2.32. The monoisotopic (exact) mass is 239 g/mol. The second-order valence-corrected chi connectivity index (χ2v) is 4.09. The van der Waals surface area contributed by atoms with Crippen LogP contribution < -0.4 is 16.4 Å². The van der Waals surface area contributed by atoms with Crippen LogP contribution in [-0.2, 0) is 0 Å². The van der Waals surface area contributed by atoms with Crippen LogP contribution in [0.5, 0.6) is 0 Å². The Bertz CT molecular complexity index is 345. The Morgan fingerprint density at radius 3 is 2.59 bits per heavy atom. The van der Waals surface area contributed by atoms with E-state index >= 15 is 0 Å². The summed E-state index contributed by atoms with van der Waals surface area (Å²) in [4.78, 5) is 8.17. The molecule has 1 rings (SSSR count). The zero-order valence-corrected chi connectivity index (χ0v) is 10.4. The Labute approximate surface area is 102 Å². The minimum absolute atomic E-state index is 0.147.